The topological polar surface area (TPSA) is 119 Å². The van der Waals surface area contributed by atoms with E-state index in [-0.39, 0.29) is 22.0 Å². The van der Waals surface area contributed by atoms with Gasteiger partial charge in [-0.25, -0.2) is 9.37 Å². The van der Waals surface area contributed by atoms with Crippen molar-refractivity contribution in [2.75, 3.05) is 0 Å². The number of hydrogen-bond donors (Lipinski definition) is 0. The van der Waals surface area contributed by atoms with Gasteiger partial charge in [0, 0.05) is 12.3 Å². The molecule has 0 bridgehead atoms. The van der Waals surface area contributed by atoms with E-state index in [0.29, 0.717) is 38.7 Å². The summed E-state index contributed by atoms with van der Waals surface area (Å²) in [4.78, 5) is 3.92. The first-order valence-corrected chi connectivity index (χ1v) is 12.0. The van der Waals surface area contributed by atoms with Crippen molar-refractivity contribution in [2.24, 2.45) is 5.92 Å². The number of hydrogen-bond acceptors (Lipinski definition) is 7. The molecule has 194 valence electrons. The zero-order valence-electron chi connectivity index (χ0n) is 19.4. The highest BCUT2D eigenvalue weighted by molar-refractivity contribution is 6.31. The number of aromatic nitrogens is 10. The van der Waals surface area contributed by atoms with Gasteiger partial charge < -0.3 is 5.21 Å². The number of benzene rings is 1. The third-order valence-corrected chi connectivity index (χ3v) is 6.73. The third kappa shape index (κ3) is 4.36. The number of halogens is 4. The highest BCUT2D eigenvalue weighted by Crippen LogP contribution is 2.39. The van der Waals surface area contributed by atoms with E-state index in [2.05, 4.69) is 30.7 Å². The van der Waals surface area contributed by atoms with Crippen LogP contribution in [-0.2, 0) is 0 Å². The van der Waals surface area contributed by atoms with Crippen LogP contribution in [0.5, 0.6) is 0 Å². The van der Waals surface area contributed by atoms with Crippen molar-refractivity contribution in [1.29, 1.82) is 0 Å². The molecule has 11 nitrogen and oxygen atoms in total. The van der Waals surface area contributed by atoms with Gasteiger partial charge in [-0.15, -0.1) is 5.10 Å². The maximum absolute atomic E-state index is 15.2. The lowest BCUT2D eigenvalue weighted by molar-refractivity contribution is -0.615. The van der Waals surface area contributed by atoms with E-state index in [4.69, 9.17) is 11.6 Å². The summed E-state index contributed by atoms with van der Waals surface area (Å²) in [5.41, 5.74) is 1.33. The zero-order chi connectivity index (χ0) is 26.4. The Morgan fingerprint density at radius 2 is 1.97 bits per heavy atom. The van der Waals surface area contributed by atoms with Gasteiger partial charge in [0.1, 0.15) is 18.7 Å². The van der Waals surface area contributed by atoms with Gasteiger partial charge in [0.2, 0.25) is 5.69 Å². The average Bonchev–Trinajstić information content (AvgIpc) is 3.31. The lowest BCUT2D eigenvalue weighted by atomic mass is 10.0. The second kappa shape index (κ2) is 9.52. The molecule has 0 N–H and O–H groups in total. The van der Waals surface area contributed by atoms with E-state index >= 15 is 4.39 Å². The van der Waals surface area contributed by atoms with Crippen LogP contribution in [0.15, 0.2) is 55.5 Å². The molecule has 1 fully saturated rings. The summed E-state index contributed by atoms with van der Waals surface area (Å²) in [5.74, 6) is -0.357. The van der Waals surface area contributed by atoms with E-state index in [1.807, 2.05) is 0 Å². The molecular formula is C23H18ClF3N10O. The molecule has 0 saturated heterocycles. The van der Waals surface area contributed by atoms with Crippen LogP contribution in [0.2, 0.25) is 5.02 Å². The quantitative estimate of drug-likeness (QED) is 0.215. The summed E-state index contributed by atoms with van der Waals surface area (Å²) in [5, 5.41) is 32.2. The van der Waals surface area contributed by atoms with Gasteiger partial charge in [0.15, 0.2) is 17.8 Å². The lowest BCUT2D eigenvalue weighted by Crippen LogP contribution is -2.35. The summed E-state index contributed by atoms with van der Waals surface area (Å²) >= 11 is 6.05. The predicted molar refractivity (Wildman–Crippen MR) is 126 cm³/mol. The number of tetrazole rings is 1. The average molecular weight is 543 g/mol. The number of pyridine rings is 1. The van der Waals surface area contributed by atoms with E-state index in [9.17, 15) is 14.0 Å². The number of nitrogens with zero attached hydrogens (tertiary/aromatic N) is 10. The second-order valence-electron chi connectivity index (χ2n) is 8.89. The second-order valence-corrected chi connectivity index (χ2v) is 9.30. The first kappa shape index (κ1) is 24.0. The van der Waals surface area contributed by atoms with Crippen molar-refractivity contribution < 1.29 is 17.9 Å². The van der Waals surface area contributed by atoms with Gasteiger partial charge in [0.05, 0.1) is 33.6 Å². The number of rotatable bonds is 8. The van der Waals surface area contributed by atoms with Crippen molar-refractivity contribution in [3.8, 4) is 28.2 Å². The molecule has 38 heavy (non-hydrogen) atoms. The molecule has 1 atom stereocenters. The molecule has 15 heteroatoms. The molecule has 1 saturated carbocycles. The summed E-state index contributed by atoms with van der Waals surface area (Å²) in [6.45, 7) is -2.86. The van der Waals surface area contributed by atoms with Gasteiger partial charge in [-0.2, -0.15) is 33.1 Å². The highest BCUT2D eigenvalue weighted by atomic mass is 35.5. The van der Waals surface area contributed by atoms with Gasteiger partial charge in [-0.1, -0.05) is 24.4 Å². The Morgan fingerprint density at radius 3 is 2.68 bits per heavy atom. The molecule has 6 rings (SSSR count). The van der Waals surface area contributed by atoms with Gasteiger partial charge in [-0.3, -0.25) is 4.68 Å². The molecule has 0 aliphatic heterocycles. The number of alkyl halides is 2. The van der Waals surface area contributed by atoms with Crippen molar-refractivity contribution in [2.45, 2.75) is 31.9 Å². The van der Waals surface area contributed by atoms with Crippen LogP contribution in [0.3, 0.4) is 0 Å². The van der Waals surface area contributed by atoms with Crippen LogP contribution < -0.4 is 4.73 Å². The maximum atomic E-state index is 15.2. The summed E-state index contributed by atoms with van der Waals surface area (Å²) in [7, 11) is 0. The van der Waals surface area contributed by atoms with Crippen LogP contribution in [0.1, 0.15) is 37.5 Å². The molecule has 0 spiro atoms. The highest BCUT2D eigenvalue weighted by Gasteiger charge is 2.33. The van der Waals surface area contributed by atoms with Crippen LogP contribution in [0.4, 0.5) is 13.2 Å². The fourth-order valence-electron chi connectivity index (χ4n) is 4.43. The Morgan fingerprint density at radius 1 is 1.13 bits per heavy atom. The van der Waals surface area contributed by atoms with Crippen molar-refractivity contribution in [3.63, 3.8) is 0 Å². The smallest absolute Gasteiger partial charge is 0.335 e. The predicted octanol–water partition coefficient (Wildman–Crippen LogP) is 3.99. The summed E-state index contributed by atoms with van der Waals surface area (Å²) < 4.78 is 45.8. The molecule has 4 heterocycles. The molecule has 1 aliphatic rings. The first-order chi connectivity index (χ1) is 18.4. The molecule has 1 aliphatic carbocycles. The van der Waals surface area contributed by atoms with Gasteiger partial charge >= 0.3 is 6.55 Å². The summed E-state index contributed by atoms with van der Waals surface area (Å²) in [6, 6.07) is 5.66. The third-order valence-electron chi connectivity index (χ3n) is 6.43. The Labute approximate surface area is 217 Å². The molecule has 1 unspecified atom stereocenters. The minimum absolute atomic E-state index is 0.0340. The van der Waals surface area contributed by atoms with Crippen molar-refractivity contribution in [3.05, 3.63) is 77.3 Å². The summed E-state index contributed by atoms with van der Waals surface area (Å²) in [6.07, 6.45) is 9.24. The SMILES string of the molecule is [O-][n+]1cc(-c2c(-n3cnnn3)ccc(Cl)c2F)ccc1C(CC1CC1)n1cc(-c2ncnn2C(F)F)cn1. The monoisotopic (exact) mass is 542 g/mol. The first-order valence-electron chi connectivity index (χ1n) is 11.6. The van der Waals surface area contributed by atoms with E-state index in [1.54, 1.807) is 29.1 Å². The molecular weight excluding hydrogens is 525 g/mol. The Bertz CT molecular complexity index is 1600. The maximum Gasteiger partial charge on any atom is 0.335 e. The molecule has 4 aromatic heterocycles. The Kier molecular flexibility index (Phi) is 6.02. The van der Waals surface area contributed by atoms with Crippen molar-refractivity contribution >= 4 is 11.6 Å². The van der Waals surface area contributed by atoms with Crippen LogP contribution in [0.25, 0.3) is 28.2 Å². The van der Waals surface area contributed by atoms with Crippen LogP contribution in [-0.4, -0.2) is 44.8 Å². The lowest BCUT2D eigenvalue weighted by Gasteiger charge is -2.18. The molecule has 1 aromatic carbocycles. The van der Waals surface area contributed by atoms with E-state index in [1.165, 1.54) is 29.5 Å². The minimum atomic E-state index is -2.86. The molecule has 0 amide bonds. The van der Waals surface area contributed by atoms with E-state index in [0.717, 1.165) is 19.2 Å². The van der Waals surface area contributed by atoms with Gasteiger partial charge in [-0.05, 0) is 41.0 Å². The van der Waals surface area contributed by atoms with E-state index < -0.39 is 18.4 Å². The standard InChI is InChI=1S/C23H18ClF3N10O/c24-16-4-6-18(35-12-29-32-33-35)20(21(16)25)14-3-5-17(36(38)10-14)19(7-13-1-2-13)34-9-15(8-30-34)22-28-11-31-37(22)23(26)27/h3-6,8-13,19,23H,1-2,7H2. The normalized spacial score (nSPS) is 14.3. The largest absolute Gasteiger partial charge is 0.618 e. The Balaban J connectivity index is 1.39. The van der Waals surface area contributed by atoms with Crippen molar-refractivity contribution in [1.82, 2.24) is 44.8 Å². The molecule has 0 radical (unpaired) electrons. The van der Waals surface area contributed by atoms with Gasteiger partial charge in [0.25, 0.3) is 0 Å². The Hall–Kier alpha value is -4.33. The minimum Gasteiger partial charge on any atom is -0.618 e. The fourth-order valence-corrected chi connectivity index (χ4v) is 4.59. The molecule has 5 aromatic rings. The van der Waals surface area contributed by atoms with Crippen LogP contribution in [0, 0.1) is 16.9 Å². The fraction of sp³-hybridized carbons (Fsp3) is 0.261. The zero-order valence-corrected chi connectivity index (χ0v) is 20.2. The van der Waals surface area contributed by atoms with Crippen LogP contribution >= 0.6 is 11.6 Å².